The summed E-state index contributed by atoms with van der Waals surface area (Å²) in [5, 5.41) is 19.8. The third-order valence-corrected chi connectivity index (χ3v) is 3.64. The van der Waals surface area contributed by atoms with Gasteiger partial charge in [0.1, 0.15) is 0 Å². The Morgan fingerprint density at radius 2 is 1.12 bits per heavy atom. The first-order valence-corrected chi connectivity index (χ1v) is 11.1. The molecular formula is C9H18N3O9S3-3. The summed E-state index contributed by atoms with van der Waals surface area (Å²) in [4.78, 5) is 12.9. The van der Waals surface area contributed by atoms with E-state index in [-0.39, 0.29) is 0 Å². The third kappa shape index (κ3) is 42.8. The smallest absolute Gasteiger partial charge is 0.249 e. The summed E-state index contributed by atoms with van der Waals surface area (Å²) in [5.41, 5.74) is 0. The SMILES string of the molecule is CC(=O)N=C(C)[O-].CC([O-])=NS(C)(=O)=O.CS(=O)(=O)[N-]S(C)(=O)=O. The van der Waals surface area contributed by atoms with Crippen LogP contribution in [0.1, 0.15) is 20.8 Å². The molecule has 0 radical (unpaired) electrons. The molecule has 0 atom stereocenters. The molecule has 0 saturated heterocycles. The van der Waals surface area contributed by atoms with Gasteiger partial charge < -0.3 is 14.3 Å². The molecule has 144 valence electrons. The molecule has 1 amide bonds. The lowest BCUT2D eigenvalue weighted by molar-refractivity contribution is -0.216. The van der Waals surface area contributed by atoms with Crippen molar-refractivity contribution in [2.24, 2.45) is 9.39 Å². The van der Waals surface area contributed by atoms with Gasteiger partial charge in [-0.25, -0.2) is 30.2 Å². The van der Waals surface area contributed by atoms with E-state index >= 15 is 0 Å². The largest absolute Gasteiger partial charge is 0.862 e. The lowest BCUT2D eigenvalue weighted by Gasteiger charge is -2.11. The fraction of sp³-hybridized carbons (Fsp3) is 0.667. The minimum absolute atomic E-state index is 0.437. The van der Waals surface area contributed by atoms with Gasteiger partial charge in [0.25, 0.3) is 0 Å². The molecule has 0 N–H and O–H groups in total. The van der Waals surface area contributed by atoms with Gasteiger partial charge in [0.05, 0.1) is 26.3 Å². The van der Waals surface area contributed by atoms with Crippen molar-refractivity contribution in [2.75, 3.05) is 18.8 Å². The Bertz CT molecular complexity index is 739. The van der Waals surface area contributed by atoms with Crippen molar-refractivity contribution in [1.29, 1.82) is 0 Å². The molecule has 0 aromatic rings. The molecule has 0 fully saturated rings. The number of aliphatic imine (C=N–C) groups is 1. The average Bonchev–Trinajstić information content (AvgIpc) is 2.04. The second-order valence-electron chi connectivity index (χ2n) is 4.03. The topological polar surface area (TPSA) is 204 Å². The van der Waals surface area contributed by atoms with Gasteiger partial charge in [-0.1, -0.05) is 0 Å². The zero-order chi connectivity index (χ0) is 20.4. The van der Waals surface area contributed by atoms with Crippen LogP contribution in [0.5, 0.6) is 0 Å². The first kappa shape index (κ1) is 27.3. The molecule has 0 rings (SSSR count). The van der Waals surface area contributed by atoms with Crippen LogP contribution in [0.15, 0.2) is 9.39 Å². The molecule has 0 unspecified atom stereocenters. The van der Waals surface area contributed by atoms with Crippen LogP contribution in [-0.2, 0) is 34.9 Å². The minimum Gasteiger partial charge on any atom is -0.862 e. The first-order chi connectivity index (χ1) is 10.2. The highest BCUT2D eigenvalue weighted by Gasteiger charge is 1.92. The van der Waals surface area contributed by atoms with Crippen molar-refractivity contribution in [3.63, 3.8) is 0 Å². The monoisotopic (exact) mass is 408 g/mol. The maximum Gasteiger partial charge on any atom is 0.249 e. The van der Waals surface area contributed by atoms with Crippen molar-refractivity contribution in [2.45, 2.75) is 20.8 Å². The number of carbonyl (C=O) groups excluding carboxylic acids is 1. The number of amides is 1. The highest BCUT2D eigenvalue weighted by molar-refractivity contribution is 8.11. The zero-order valence-corrected chi connectivity index (χ0v) is 16.2. The van der Waals surface area contributed by atoms with E-state index in [2.05, 4.69) is 13.5 Å². The van der Waals surface area contributed by atoms with Gasteiger partial charge in [0.15, 0.2) is 0 Å². The molecule has 0 aromatic heterocycles. The molecule has 0 aromatic carbocycles. The number of nitrogens with zero attached hydrogens (tertiary/aromatic N) is 3. The van der Waals surface area contributed by atoms with Gasteiger partial charge in [0, 0.05) is 19.4 Å². The Morgan fingerprint density at radius 1 is 0.792 bits per heavy atom. The summed E-state index contributed by atoms with van der Waals surface area (Å²) in [6.45, 7) is 3.56. The highest BCUT2D eigenvalue weighted by Crippen LogP contribution is 2.03. The molecule has 15 heteroatoms. The molecule has 0 aliphatic carbocycles. The maximum atomic E-state index is 10.1. The van der Waals surface area contributed by atoms with Gasteiger partial charge in [-0.3, -0.25) is 4.79 Å². The average molecular weight is 408 g/mol. The number of hydrogen-bond donors (Lipinski definition) is 0. The highest BCUT2D eigenvalue weighted by atomic mass is 32.3. The number of sulfonamides is 3. The van der Waals surface area contributed by atoms with Crippen molar-refractivity contribution in [1.82, 2.24) is 0 Å². The van der Waals surface area contributed by atoms with E-state index in [1.807, 2.05) is 0 Å². The molecule has 24 heavy (non-hydrogen) atoms. The Hall–Kier alpha value is -1.58. The van der Waals surface area contributed by atoms with Crippen LogP contribution >= 0.6 is 0 Å². The number of hydrogen-bond acceptors (Lipinski definition) is 9. The lowest BCUT2D eigenvalue weighted by atomic mass is 10.7. The molecule has 0 bridgehead atoms. The van der Waals surface area contributed by atoms with Gasteiger partial charge in [-0.15, -0.1) is 0 Å². The second kappa shape index (κ2) is 11.1. The predicted octanol–water partition coefficient (Wildman–Crippen LogP) is -2.68. The van der Waals surface area contributed by atoms with Crippen molar-refractivity contribution in [3.05, 3.63) is 4.13 Å². The normalized spacial score (nSPS) is 13.1. The molecular weight excluding hydrogens is 390 g/mol. The Labute approximate surface area is 141 Å². The summed E-state index contributed by atoms with van der Waals surface area (Å²) in [5.74, 6) is -1.56. The fourth-order valence-corrected chi connectivity index (χ4v) is 3.14. The van der Waals surface area contributed by atoms with Gasteiger partial charge >= 0.3 is 0 Å². The van der Waals surface area contributed by atoms with E-state index in [0.717, 1.165) is 13.2 Å². The van der Waals surface area contributed by atoms with Crippen LogP contribution in [0.2, 0.25) is 0 Å². The van der Waals surface area contributed by atoms with E-state index in [0.29, 0.717) is 12.5 Å². The Kier molecular flexibility index (Phi) is 12.6. The lowest BCUT2D eigenvalue weighted by Crippen LogP contribution is -2.13. The van der Waals surface area contributed by atoms with Crippen LogP contribution in [0.25, 0.3) is 4.13 Å². The van der Waals surface area contributed by atoms with Crippen LogP contribution in [-0.4, -0.2) is 61.7 Å². The van der Waals surface area contributed by atoms with E-state index in [1.54, 1.807) is 0 Å². The van der Waals surface area contributed by atoms with Gasteiger partial charge in [-0.05, 0) is 25.6 Å². The fourth-order valence-electron chi connectivity index (χ4n) is 0.701. The van der Waals surface area contributed by atoms with Gasteiger partial charge in [-0.2, -0.15) is 4.40 Å². The molecule has 0 spiro atoms. The summed E-state index contributed by atoms with van der Waals surface area (Å²) in [6.07, 6.45) is 2.30. The Morgan fingerprint density at radius 3 is 1.12 bits per heavy atom. The third-order valence-electron chi connectivity index (χ3n) is 0.880. The van der Waals surface area contributed by atoms with E-state index in [9.17, 15) is 40.3 Å². The van der Waals surface area contributed by atoms with E-state index in [4.69, 9.17) is 0 Å². The van der Waals surface area contributed by atoms with Crippen LogP contribution in [0, 0.1) is 0 Å². The van der Waals surface area contributed by atoms with E-state index < -0.39 is 47.8 Å². The van der Waals surface area contributed by atoms with Crippen LogP contribution in [0.4, 0.5) is 0 Å². The molecule has 0 aliphatic rings. The first-order valence-electron chi connectivity index (χ1n) is 5.56. The molecule has 0 heterocycles. The number of carbonyl (C=O) groups is 1. The quantitative estimate of drug-likeness (QED) is 0.351. The van der Waals surface area contributed by atoms with E-state index in [1.165, 1.54) is 13.8 Å². The van der Waals surface area contributed by atoms with Crippen LogP contribution in [0.3, 0.4) is 0 Å². The van der Waals surface area contributed by atoms with Crippen molar-refractivity contribution in [3.8, 4) is 0 Å². The second-order valence-corrected chi connectivity index (χ2v) is 9.21. The molecule has 12 nitrogen and oxygen atoms in total. The minimum atomic E-state index is -3.74. The molecule has 0 aliphatic heterocycles. The maximum absolute atomic E-state index is 10.1. The van der Waals surface area contributed by atoms with Crippen molar-refractivity contribution < 1.29 is 40.3 Å². The number of rotatable bonds is 3. The van der Waals surface area contributed by atoms with Gasteiger partial charge in [0.2, 0.25) is 15.9 Å². The standard InChI is InChI=1S/C4H7NO2.C3H7NO3S.C2H6NO4S2/c1-3(6)5-4(2)7;1-3(5)4-8(2,6)7;1-8(4,5)3-9(2,6)7/h1-2H3,(H,5,6,7);1-2H3,(H,4,5);1-2H3/q;;-1/p-2. The summed E-state index contributed by atoms with van der Waals surface area (Å²) in [6, 6.07) is 0. The van der Waals surface area contributed by atoms with Crippen LogP contribution < -0.4 is 10.2 Å². The predicted molar refractivity (Wildman–Crippen MR) is 84.8 cm³/mol. The zero-order valence-electron chi connectivity index (χ0n) is 13.7. The summed E-state index contributed by atoms with van der Waals surface area (Å²) in [7, 11) is -10.9. The summed E-state index contributed by atoms with van der Waals surface area (Å²) < 4.78 is 65.7. The Balaban J connectivity index is -0.000000278. The summed E-state index contributed by atoms with van der Waals surface area (Å²) >= 11 is 0. The van der Waals surface area contributed by atoms with Crippen molar-refractivity contribution >= 4 is 47.8 Å². The molecule has 0 saturated carbocycles.